The van der Waals surface area contributed by atoms with Crippen molar-refractivity contribution in [1.29, 1.82) is 0 Å². The molecule has 5 heteroatoms. The summed E-state index contributed by atoms with van der Waals surface area (Å²) in [5.74, 6) is 1.46. The van der Waals surface area contributed by atoms with Gasteiger partial charge in [-0.15, -0.1) is 0 Å². The lowest BCUT2D eigenvalue weighted by Gasteiger charge is -2.11. The van der Waals surface area contributed by atoms with Crippen LogP contribution in [0.5, 0.6) is 11.6 Å². The lowest BCUT2D eigenvalue weighted by molar-refractivity contribution is 0.390. The van der Waals surface area contributed by atoms with Crippen LogP contribution in [0.25, 0.3) is 0 Å². The molecule has 0 unspecified atom stereocenters. The number of aromatic nitrogens is 1. The molecule has 4 nitrogen and oxygen atoms in total. The van der Waals surface area contributed by atoms with Crippen LogP contribution in [0, 0.1) is 0 Å². The molecule has 0 radical (unpaired) electrons. The van der Waals surface area contributed by atoms with Crippen molar-refractivity contribution >= 4 is 11.6 Å². The molecule has 2 rings (SSSR count). The van der Waals surface area contributed by atoms with E-state index in [0.717, 1.165) is 16.9 Å². The van der Waals surface area contributed by atoms with Crippen LogP contribution in [0.1, 0.15) is 11.1 Å². The Hall–Kier alpha value is -1.78. The van der Waals surface area contributed by atoms with Gasteiger partial charge >= 0.3 is 0 Å². The molecule has 1 aromatic carbocycles. The summed E-state index contributed by atoms with van der Waals surface area (Å²) in [5, 5.41) is 4.03. The minimum Gasteiger partial charge on any atom is -0.496 e. The lowest BCUT2D eigenvalue weighted by atomic mass is 10.2. The molecule has 1 aromatic heterocycles. The Morgan fingerprint density at radius 2 is 1.90 bits per heavy atom. The van der Waals surface area contributed by atoms with E-state index in [4.69, 9.17) is 21.1 Å². The second kappa shape index (κ2) is 7.12. The molecule has 1 N–H and O–H groups in total. The fourth-order valence-corrected chi connectivity index (χ4v) is 2.15. The van der Waals surface area contributed by atoms with Crippen molar-refractivity contribution in [2.24, 2.45) is 0 Å². The molecule has 0 aliphatic heterocycles. The van der Waals surface area contributed by atoms with Crippen molar-refractivity contribution in [2.75, 3.05) is 14.2 Å². The molecule has 0 aliphatic carbocycles. The van der Waals surface area contributed by atoms with Crippen molar-refractivity contribution in [2.45, 2.75) is 13.1 Å². The second-order valence-corrected chi connectivity index (χ2v) is 4.67. The third-order valence-electron chi connectivity index (χ3n) is 2.92. The number of hydrogen-bond acceptors (Lipinski definition) is 4. The average Bonchev–Trinajstić information content (AvgIpc) is 2.48. The zero-order valence-electron chi connectivity index (χ0n) is 11.5. The second-order valence-electron chi connectivity index (χ2n) is 4.23. The van der Waals surface area contributed by atoms with Gasteiger partial charge in [0.2, 0.25) is 5.88 Å². The van der Waals surface area contributed by atoms with E-state index in [9.17, 15) is 0 Å². The number of rotatable bonds is 6. The Labute approximate surface area is 123 Å². The van der Waals surface area contributed by atoms with Crippen LogP contribution in [0.4, 0.5) is 0 Å². The fraction of sp³-hybridized carbons (Fsp3) is 0.267. The summed E-state index contributed by atoms with van der Waals surface area (Å²) in [6.07, 6.45) is 1.71. The molecule has 0 aliphatic rings. The fourth-order valence-electron chi connectivity index (χ4n) is 1.96. The van der Waals surface area contributed by atoms with Gasteiger partial charge in [-0.1, -0.05) is 17.7 Å². The minimum absolute atomic E-state index is 0.637. The van der Waals surface area contributed by atoms with Gasteiger partial charge in [-0.25, -0.2) is 4.98 Å². The molecule has 20 heavy (non-hydrogen) atoms. The number of pyridine rings is 1. The van der Waals surface area contributed by atoms with Crippen LogP contribution in [0.3, 0.4) is 0 Å². The monoisotopic (exact) mass is 292 g/mol. The van der Waals surface area contributed by atoms with Crippen molar-refractivity contribution in [3.63, 3.8) is 0 Å². The van der Waals surface area contributed by atoms with Gasteiger partial charge in [-0.2, -0.15) is 0 Å². The van der Waals surface area contributed by atoms with E-state index >= 15 is 0 Å². The predicted molar refractivity (Wildman–Crippen MR) is 79.3 cm³/mol. The Balaban J connectivity index is 2.01. The van der Waals surface area contributed by atoms with E-state index in [1.165, 1.54) is 0 Å². The quantitative estimate of drug-likeness (QED) is 0.889. The molecule has 106 valence electrons. The Kier molecular flexibility index (Phi) is 5.21. The molecular weight excluding hydrogens is 276 g/mol. The molecule has 0 bridgehead atoms. The minimum atomic E-state index is 0.637. The smallest absolute Gasteiger partial charge is 0.217 e. The molecule has 2 aromatic rings. The molecule has 0 saturated carbocycles. The van der Waals surface area contributed by atoms with Gasteiger partial charge in [-0.05, 0) is 24.3 Å². The van der Waals surface area contributed by atoms with Gasteiger partial charge < -0.3 is 14.8 Å². The van der Waals surface area contributed by atoms with Gasteiger partial charge in [-0.3, -0.25) is 0 Å². The van der Waals surface area contributed by atoms with E-state index in [-0.39, 0.29) is 0 Å². The van der Waals surface area contributed by atoms with Crippen LogP contribution in [-0.2, 0) is 13.1 Å². The first kappa shape index (κ1) is 14.6. The van der Waals surface area contributed by atoms with E-state index < -0.39 is 0 Å². The number of halogens is 1. The average molecular weight is 293 g/mol. The number of hydrogen-bond donors (Lipinski definition) is 1. The predicted octanol–water partition coefficient (Wildman–Crippen LogP) is 3.04. The summed E-state index contributed by atoms with van der Waals surface area (Å²) < 4.78 is 10.5. The van der Waals surface area contributed by atoms with Crippen LogP contribution < -0.4 is 14.8 Å². The Morgan fingerprint density at radius 1 is 1.10 bits per heavy atom. The maximum atomic E-state index is 6.00. The summed E-state index contributed by atoms with van der Waals surface area (Å²) in [6, 6.07) is 9.44. The van der Waals surface area contributed by atoms with Crippen molar-refractivity contribution in [1.82, 2.24) is 10.3 Å². The van der Waals surface area contributed by atoms with Crippen LogP contribution in [0.2, 0.25) is 5.02 Å². The third kappa shape index (κ3) is 3.62. The SMILES string of the molecule is COc1ccc(Cl)cc1CNCc1cccnc1OC. The normalized spacial score (nSPS) is 10.3. The zero-order chi connectivity index (χ0) is 14.4. The molecule has 0 atom stereocenters. The first-order chi connectivity index (χ1) is 9.74. The van der Waals surface area contributed by atoms with E-state index in [1.54, 1.807) is 20.4 Å². The maximum Gasteiger partial charge on any atom is 0.217 e. The van der Waals surface area contributed by atoms with Crippen LogP contribution in [0.15, 0.2) is 36.5 Å². The van der Waals surface area contributed by atoms with Gasteiger partial charge in [0.1, 0.15) is 5.75 Å². The van der Waals surface area contributed by atoms with Crippen LogP contribution >= 0.6 is 11.6 Å². The highest BCUT2D eigenvalue weighted by molar-refractivity contribution is 6.30. The highest BCUT2D eigenvalue weighted by Gasteiger charge is 2.06. The van der Waals surface area contributed by atoms with Gasteiger partial charge in [0, 0.05) is 35.4 Å². The topological polar surface area (TPSA) is 43.4 Å². The lowest BCUT2D eigenvalue weighted by Crippen LogP contribution is -2.14. The molecule has 0 fully saturated rings. The summed E-state index contributed by atoms with van der Waals surface area (Å²) in [4.78, 5) is 4.16. The highest BCUT2D eigenvalue weighted by Crippen LogP contribution is 2.22. The highest BCUT2D eigenvalue weighted by atomic mass is 35.5. The number of nitrogens with one attached hydrogen (secondary N) is 1. The Bertz CT molecular complexity index is 576. The molecule has 0 amide bonds. The summed E-state index contributed by atoms with van der Waals surface area (Å²) >= 11 is 6.00. The van der Waals surface area contributed by atoms with E-state index in [2.05, 4.69) is 10.3 Å². The summed E-state index contributed by atoms with van der Waals surface area (Å²) in [6.45, 7) is 1.31. The number of ether oxygens (including phenoxy) is 2. The van der Waals surface area contributed by atoms with Gasteiger partial charge in [0.15, 0.2) is 0 Å². The van der Waals surface area contributed by atoms with E-state index in [0.29, 0.717) is 24.0 Å². The largest absolute Gasteiger partial charge is 0.496 e. The molecular formula is C15H17ClN2O2. The van der Waals surface area contributed by atoms with Crippen molar-refractivity contribution in [3.05, 3.63) is 52.7 Å². The van der Waals surface area contributed by atoms with Crippen molar-refractivity contribution in [3.8, 4) is 11.6 Å². The summed E-state index contributed by atoms with van der Waals surface area (Å²) in [5.41, 5.74) is 2.03. The Morgan fingerprint density at radius 3 is 2.65 bits per heavy atom. The standard InChI is InChI=1S/C15H17ClN2O2/c1-19-14-6-5-13(16)8-12(14)10-17-9-11-4-3-7-18-15(11)20-2/h3-8,17H,9-10H2,1-2H3. The zero-order valence-corrected chi connectivity index (χ0v) is 12.3. The first-order valence-electron chi connectivity index (χ1n) is 6.25. The molecule has 0 saturated heterocycles. The number of benzene rings is 1. The van der Waals surface area contributed by atoms with Crippen LogP contribution in [-0.4, -0.2) is 19.2 Å². The van der Waals surface area contributed by atoms with Crippen molar-refractivity contribution < 1.29 is 9.47 Å². The third-order valence-corrected chi connectivity index (χ3v) is 3.15. The number of nitrogens with zero attached hydrogens (tertiary/aromatic N) is 1. The van der Waals surface area contributed by atoms with Gasteiger partial charge in [0.05, 0.1) is 14.2 Å². The molecule has 0 spiro atoms. The van der Waals surface area contributed by atoms with Gasteiger partial charge in [0.25, 0.3) is 0 Å². The maximum absolute atomic E-state index is 6.00. The molecule has 1 heterocycles. The number of methoxy groups -OCH3 is 2. The van der Waals surface area contributed by atoms with E-state index in [1.807, 2.05) is 30.3 Å². The first-order valence-corrected chi connectivity index (χ1v) is 6.63. The summed E-state index contributed by atoms with van der Waals surface area (Å²) in [7, 11) is 3.27.